The average molecular weight is 279 g/mol. The van der Waals surface area contributed by atoms with Crippen molar-refractivity contribution in [3.05, 3.63) is 0 Å². The molecule has 1 fully saturated rings. The van der Waals surface area contributed by atoms with Gasteiger partial charge in [-0.25, -0.2) is 8.42 Å². The first-order valence-electron chi connectivity index (χ1n) is 6.19. The van der Waals surface area contributed by atoms with Crippen LogP contribution >= 0.6 is 0 Å². The summed E-state index contributed by atoms with van der Waals surface area (Å²) in [5.74, 6) is -1.12. The highest BCUT2D eigenvalue weighted by Gasteiger charge is 2.36. The third-order valence-corrected chi connectivity index (χ3v) is 5.75. The maximum atomic E-state index is 12.4. The van der Waals surface area contributed by atoms with Crippen molar-refractivity contribution >= 4 is 16.0 Å². The Bertz CT molecular complexity index is 375. The molecule has 1 atom stereocenters. The van der Waals surface area contributed by atoms with E-state index in [1.807, 2.05) is 6.92 Å². The summed E-state index contributed by atoms with van der Waals surface area (Å²) in [6.07, 6.45) is 1.47. The summed E-state index contributed by atoms with van der Waals surface area (Å²) in [4.78, 5) is 10.8. The van der Waals surface area contributed by atoms with Crippen molar-refractivity contribution in [2.75, 3.05) is 19.8 Å². The summed E-state index contributed by atoms with van der Waals surface area (Å²) < 4.78 is 31.1. The zero-order valence-corrected chi connectivity index (χ0v) is 11.6. The number of hydrogen-bond donors (Lipinski definition) is 1. The van der Waals surface area contributed by atoms with Gasteiger partial charge in [-0.3, -0.25) is 4.79 Å². The highest BCUT2D eigenvalue weighted by atomic mass is 32.2. The largest absolute Gasteiger partial charge is 0.480 e. The molecule has 1 heterocycles. The maximum absolute atomic E-state index is 12.4. The highest BCUT2D eigenvalue weighted by Crippen LogP contribution is 2.22. The van der Waals surface area contributed by atoms with E-state index in [1.54, 1.807) is 6.92 Å². The summed E-state index contributed by atoms with van der Waals surface area (Å²) in [6.45, 7) is 3.96. The van der Waals surface area contributed by atoms with Crippen LogP contribution in [0.25, 0.3) is 0 Å². The number of aliphatic carboxylic acids is 1. The van der Waals surface area contributed by atoms with Crippen molar-refractivity contribution in [3.63, 3.8) is 0 Å². The molecule has 0 aliphatic carbocycles. The number of carboxylic acid groups (broad SMARTS) is 1. The molecule has 1 saturated heterocycles. The van der Waals surface area contributed by atoms with Crippen LogP contribution in [0.1, 0.15) is 33.1 Å². The number of hydrogen-bond acceptors (Lipinski definition) is 4. The molecule has 1 aliphatic rings. The van der Waals surface area contributed by atoms with Gasteiger partial charge < -0.3 is 9.84 Å². The van der Waals surface area contributed by atoms with Crippen molar-refractivity contribution in [2.45, 2.75) is 44.4 Å². The standard InChI is InChI=1S/C11H21NO5S/c1-3-9(2)12(8-11(13)14)18(15,16)10-4-6-17-7-5-10/h9-10H,3-8H2,1-2H3,(H,13,14). The molecule has 0 saturated carbocycles. The molecule has 0 bridgehead atoms. The van der Waals surface area contributed by atoms with Gasteiger partial charge in [-0.2, -0.15) is 4.31 Å². The van der Waals surface area contributed by atoms with Crippen LogP contribution in [0.5, 0.6) is 0 Å². The Hall–Kier alpha value is -0.660. The summed E-state index contributed by atoms with van der Waals surface area (Å²) in [5.41, 5.74) is 0. The first kappa shape index (κ1) is 15.4. The minimum absolute atomic E-state index is 0.297. The predicted molar refractivity (Wildman–Crippen MR) is 66.9 cm³/mol. The predicted octanol–water partition coefficient (Wildman–Crippen LogP) is 0.680. The van der Waals surface area contributed by atoms with Crippen LogP contribution in [0.2, 0.25) is 0 Å². The fourth-order valence-electron chi connectivity index (χ4n) is 2.00. The van der Waals surface area contributed by atoms with E-state index in [0.717, 1.165) is 4.31 Å². The second-order valence-corrected chi connectivity index (χ2v) is 6.72. The van der Waals surface area contributed by atoms with Gasteiger partial charge in [-0.05, 0) is 26.2 Å². The monoisotopic (exact) mass is 279 g/mol. The molecule has 0 aromatic carbocycles. The van der Waals surface area contributed by atoms with Gasteiger partial charge >= 0.3 is 5.97 Å². The number of sulfonamides is 1. The molecule has 1 N–H and O–H groups in total. The maximum Gasteiger partial charge on any atom is 0.318 e. The van der Waals surface area contributed by atoms with E-state index in [9.17, 15) is 13.2 Å². The highest BCUT2D eigenvalue weighted by molar-refractivity contribution is 7.89. The lowest BCUT2D eigenvalue weighted by molar-refractivity contribution is -0.137. The van der Waals surface area contributed by atoms with E-state index < -0.39 is 27.8 Å². The number of carboxylic acids is 1. The van der Waals surface area contributed by atoms with Gasteiger partial charge in [0.25, 0.3) is 0 Å². The fraction of sp³-hybridized carbons (Fsp3) is 0.909. The van der Waals surface area contributed by atoms with E-state index in [0.29, 0.717) is 32.5 Å². The zero-order valence-electron chi connectivity index (χ0n) is 10.8. The first-order chi connectivity index (χ1) is 8.39. The molecule has 106 valence electrons. The number of carbonyl (C=O) groups is 1. The Kier molecular flexibility index (Phi) is 5.55. The second-order valence-electron chi connectivity index (χ2n) is 4.55. The van der Waals surface area contributed by atoms with E-state index >= 15 is 0 Å². The van der Waals surface area contributed by atoms with E-state index in [1.165, 1.54) is 0 Å². The third kappa shape index (κ3) is 3.66. The van der Waals surface area contributed by atoms with Crippen LogP contribution in [0, 0.1) is 0 Å². The lowest BCUT2D eigenvalue weighted by atomic mass is 10.2. The summed E-state index contributed by atoms with van der Waals surface area (Å²) >= 11 is 0. The quantitative estimate of drug-likeness (QED) is 0.773. The van der Waals surface area contributed by atoms with Gasteiger partial charge in [0, 0.05) is 19.3 Å². The van der Waals surface area contributed by atoms with Crippen LogP contribution < -0.4 is 0 Å². The van der Waals surface area contributed by atoms with Crippen LogP contribution in [-0.2, 0) is 19.6 Å². The SMILES string of the molecule is CCC(C)N(CC(=O)O)S(=O)(=O)C1CCOCC1. The Balaban J connectivity index is 2.90. The average Bonchev–Trinajstić information content (AvgIpc) is 2.35. The van der Waals surface area contributed by atoms with Gasteiger partial charge in [0.05, 0.1) is 5.25 Å². The van der Waals surface area contributed by atoms with Crippen LogP contribution in [0.15, 0.2) is 0 Å². The van der Waals surface area contributed by atoms with Crippen LogP contribution in [0.3, 0.4) is 0 Å². The summed E-state index contributed by atoms with van der Waals surface area (Å²) in [5, 5.41) is 8.34. The molecule has 0 aromatic heterocycles. The Morgan fingerprint density at radius 2 is 2.00 bits per heavy atom. The normalized spacial score (nSPS) is 19.9. The van der Waals surface area contributed by atoms with Crippen molar-refractivity contribution < 1.29 is 23.1 Å². The van der Waals surface area contributed by atoms with Crippen molar-refractivity contribution in [1.29, 1.82) is 0 Å². The smallest absolute Gasteiger partial charge is 0.318 e. The van der Waals surface area contributed by atoms with Crippen molar-refractivity contribution in [3.8, 4) is 0 Å². The molecule has 7 heteroatoms. The molecule has 1 unspecified atom stereocenters. The molecule has 0 aromatic rings. The number of rotatable bonds is 6. The molecule has 1 rings (SSSR count). The molecule has 0 spiro atoms. The number of ether oxygens (including phenoxy) is 1. The van der Waals surface area contributed by atoms with Gasteiger partial charge in [0.2, 0.25) is 10.0 Å². The van der Waals surface area contributed by atoms with Gasteiger partial charge in [0.15, 0.2) is 0 Å². The van der Waals surface area contributed by atoms with Gasteiger partial charge in [0.1, 0.15) is 6.54 Å². The topological polar surface area (TPSA) is 83.9 Å². The molecule has 0 amide bonds. The third-order valence-electron chi connectivity index (χ3n) is 3.29. The Labute approximate surface area is 108 Å². The molecule has 6 nitrogen and oxygen atoms in total. The van der Waals surface area contributed by atoms with Crippen molar-refractivity contribution in [2.24, 2.45) is 0 Å². The molecule has 0 radical (unpaired) electrons. The lowest BCUT2D eigenvalue weighted by Gasteiger charge is -2.32. The van der Waals surface area contributed by atoms with E-state index in [4.69, 9.17) is 9.84 Å². The molecule has 18 heavy (non-hydrogen) atoms. The fourth-order valence-corrected chi connectivity index (χ4v) is 4.11. The van der Waals surface area contributed by atoms with E-state index in [2.05, 4.69) is 0 Å². The van der Waals surface area contributed by atoms with Gasteiger partial charge in [-0.15, -0.1) is 0 Å². The summed E-state index contributed by atoms with van der Waals surface area (Å²) in [6, 6.07) is -0.297. The minimum Gasteiger partial charge on any atom is -0.480 e. The van der Waals surface area contributed by atoms with Gasteiger partial charge in [-0.1, -0.05) is 6.92 Å². The first-order valence-corrected chi connectivity index (χ1v) is 7.70. The van der Waals surface area contributed by atoms with E-state index in [-0.39, 0.29) is 6.04 Å². The minimum atomic E-state index is -3.56. The summed E-state index contributed by atoms with van der Waals surface area (Å²) in [7, 11) is -3.56. The zero-order chi connectivity index (χ0) is 13.8. The lowest BCUT2D eigenvalue weighted by Crippen LogP contribution is -2.47. The molecule has 1 aliphatic heterocycles. The Morgan fingerprint density at radius 1 is 1.44 bits per heavy atom. The van der Waals surface area contributed by atoms with Crippen LogP contribution in [0.4, 0.5) is 0 Å². The van der Waals surface area contributed by atoms with Crippen LogP contribution in [-0.4, -0.2) is 54.8 Å². The second kappa shape index (κ2) is 6.49. The molecular weight excluding hydrogens is 258 g/mol. The van der Waals surface area contributed by atoms with Crippen molar-refractivity contribution in [1.82, 2.24) is 4.31 Å². The number of nitrogens with zero attached hydrogens (tertiary/aromatic N) is 1. The molecular formula is C11H21NO5S. The Morgan fingerprint density at radius 3 is 2.44 bits per heavy atom.